The SMILES string of the molecule is CC1CC(CN)CN1C(=O)c1n[nH]c2ccc(I)cc12.Cl. The summed E-state index contributed by atoms with van der Waals surface area (Å²) in [4.78, 5) is 14.6. The van der Waals surface area contributed by atoms with Crippen LogP contribution < -0.4 is 5.73 Å². The molecule has 0 spiro atoms. The van der Waals surface area contributed by atoms with Gasteiger partial charge in [-0.3, -0.25) is 9.89 Å². The van der Waals surface area contributed by atoms with Gasteiger partial charge in [-0.2, -0.15) is 5.10 Å². The molecule has 0 bridgehead atoms. The average Bonchev–Trinajstić information content (AvgIpc) is 3.01. The molecule has 1 amide bonds. The number of fused-ring (bicyclic) bond motifs is 1. The van der Waals surface area contributed by atoms with Crippen molar-refractivity contribution in [1.29, 1.82) is 0 Å². The molecule has 5 nitrogen and oxygen atoms in total. The number of carbonyl (C=O) groups is 1. The lowest BCUT2D eigenvalue weighted by Crippen LogP contribution is -2.34. The van der Waals surface area contributed by atoms with Crippen LogP contribution in [0.1, 0.15) is 23.8 Å². The summed E-state index contributed by atoms with van der Waals surface area (Å²) in [5.74, 6) is 0.404. The third kappa shape index (κ3) is 3.02. The van der Waals surface area contributed by atoms with Crippen molar-refractivity contribution in [3.63, 3.8) is 0 Å². The number of halogens is 2. The summed E-state index contributed by atoms with van der Waals surface area (Å²) in [6.45, 7) is 3.44. The lowest BCUT2D eigenvalue weighted by molar-refractivity contribution is 0.0739. The largest absolute Gasteiger partial charge is 0.334 e. The molecule has 114 valence electrons. The van der Waals surface area contributed by atoms with Crippen molar-refractivity contribution < 1.29 is 4.79 Å². The van der Waals surface area contributed by atoms with Crippen molar-refractivity contribution in [1.82, 2.24) is 15.1 Å². The van der Waals surface area contributed by atoms with Crippen molar-refractivity contribution in [2.24, 2.45) is 11.7 Å². The topological polar surface area (TPSA) is 75.0 Å². The van der Waals surface area contributed by atoms with Crippen LogP contribution in [0.4, 0.5) is 0 Å². The number of aromatic amines is 1. The molecule has 2 unspecified atom stereocenters. The van der Waals surface area contributed by atoms with Crippen LogP contribution in [0.2, 0.25) is 0 Å². The van der Waals surface area contributed by atoms with E-state index in [1.807, 2.05) is 23.1 Å². The summed E-state index contributed by atoms with van der Waals surface area (Å²) >= 11 is 2.24. The summed E-state index contributed by atoms with van der Waals surface area (Å²) in [6, 6.07) is 6.17. The van der Waals surface area contributed by atoms with E-state index in [0.717, 1.165) is 27.4 Å². The molecule has 1 fully saturated rings. The summed E-state index contributed by atoms with van der Waals surface area (Å²) < 4.78 is 1.10. The number of nitrogens with two attached hydrogens (primary N) is 1. The van der Waals surface area contributed by atoms with Crippen molar-refractivity contribution in [2.45, 2.75) is 19.4 Å². The molecule has 1 aromatic carbocycles. The van der Waals surface area contributed by atoms with E-state index < -0.39 is 0 Å². The molecule has 3 N–H and O–H groups in total. The highest BCUT2D eigenvalue weighted by atomic mass is 127. The first-order valence-corrected chi connectivity index (χ1v) is 7.82. The monoisotopic (exact) mass is 420 g/mol. The third-order valence-electron chi connectivity index (χ3n) is 3.98. The minimum Gasteiger partial charge on any atom is -0.334 e. The van der Waals surface area contributed by atoms with Gasteiger partial charge in [0, 0.05) is 21.5 Å². The van der Waals surface area contributed by atoms with E-state index >= 15 is 0 Å². The van der Waals surface area contributed by atoms with Crippen LogP contribution >= 0.6 is 35.0 Å². The van der Waals surface area contributed by atoms with E-state index in [0.29, 0.717) is 18.2 Å². The number of rotatable bonds is 2. The predicted octanol–water partition coefficient (Wildman–Crippen LogP) is 2.40. The molecule has 3 rings (SSSR count). The number of hydrogen-bond acceptors (Lipinski definition) is 3. The van der Waals surface area contributed by atoms with Crippen molar-refractivity contribution in [2.75, 3.05) is 13.1 Å². The summed E-state index contributed by atoms with van der Waals surface area (Å²) in [5, 5.41) is 8.04. The first-order valence-electron chi connectivity index (χ1n) is 6.74. The second-order valence-electron chi connectivity index (χ2n) is 5.41. The lowest BCUT2D eigenvalue weighted by Gasteiger charge is -2.20. The van der Waals surface area contributed by atoms with Gasteiger partial charge in [-0.15, -0.1) is 12.4 Å². The Morgan fingerprint density at radius 3 is 3.00 bits per heavy atom. The molecular formula is C14H18ClIN4O. The van der Waals surface area contributed by atoms with E-state index in [1.165, 1.54) is 0 Å². The second-order valence-corrected chi connectivity index (χ2v) is 6.65. The third-order valence-corrected chi connectivity index (χ3v) is 4.65. The number of carbonyl (C=O) groups excluding carboxylic acids is 1. The molecule has 0 radical (unpaired) electrons. The average molecular weight is 421 g/mol. The number of nitrogens with zero attached hydrogens (tertiary/aromatic N) is 2. The first-order chi connectivity index (χ1) is 9.60. The Balaban J connectivity index is 0.00000161. The fourth-order valence-corrected chi connectivity index (χ4v) is 3.37. The molecule has 7 heteroatoms. The minimum atomic E-state index is 0. The summed E-state index contributed by atoms with van der Waals surface area (Å²) in [7, 11) is 0. The van der Waals surface area contributed by atoms with Gasteiger partial charge < -0.3 is 10.6 Å². The van der Waals surface area contributed by atoms with Crippen LogP contribution in [0.5, 0.6) is 0 Å². The molecular weight excluding hydrogens is 403 g/mol. The highest BCUT2D eigenvalue weighted by Gasteiger charge is 2.33. The number of likely N-dealkylation sites (tertiary alicyclic amines) is 1. The number of H-pyrrole nitrogens is 1. The standard InChI is InChI=1S/C14H17IN4O.ClH/c1-8-4-9(6-16)7-19(8)14(20)13-11-5-10(15)2-3-12(11)17-18-13;/h2-3,5,8-9H,4,6-7,16H2,1H3,(H,17,18);1H. The zero-order valence-electron chi connectivity index (χ0n) is 11.7. The predicted molar refractivity (Wildman–Crippen MR) is 93.7 cm³/mol. The maximum Gasteiger partial charge on any atom is 0.275 e. The molecule has 0 aliphatic carbocycles. The van der Waals surface area contributed by atoms with Gasteiger partial charge in [0.2, 0.25) is 0 Å². The van der Waals surface area contributed by atoms with Gasteiger partial charge >= 0.3 is 0 Å². The number of benzene rings is 1. The van der Waals surface area contributed by atoms with Gasteiger partial charge in [-0.25, -0.2) is 0 Å². The number of amides is 1. The van der Waals surface area contributed by atoms with Crippen molar-refractivity contribution in [3.05, 3.63) is 27.5 Å². The van der Waals surface area contributed by atoms with Crippen LogP contribution in [0.25, 0.3) is 10.9 Å². The van der Waals surface area contributed by atoms with Crippen LogP contribution in [0.3, 0.4) is 0 Å². The molecule has 0 saturated carbocycles. The Morgan fingerprint density at radius 2 is 2.33 bits per heavy atom. The minimum absolute atomic E-state index is 0. The van der Waals surface area contributed by atoms with Gasteiger partial charge in [-0.1, -0.05) is 0 Å². The first kappa shape index (κ1) is 16.5. The van der Waals surface area contributed by atoms with Crippen molar-refractivity contribution in [3.8, 4) is 0 Å². The molecule has 1 saturated heterocycles. The zero-order valence-corrected chi connectivity index (χ0v) is 14.6. The maximum atomic E-state index is 12.7. The van der Waals surface area contributed by atoms with Gasteiger partial charge in [-0.05, 0) is 66.6 Å². The molecule has 1 aliphatic rings. The number of nitrogens with one attached hydrogen (secondary N) is 1. The van der Waals surface area contributed by atoms with E-state index in [1.54, 1.807) is 0 Å². The molecule has 2 atom stereocenters. The Kier molecular flexibility index (Phi) is 5.11. The van der Waals surface area contributed by atoms with Crippen molar-refractivity contribution >= 4 is 51.8 Å². The van der Waals surface area contributed by atoms with Crippen LogP contribution in [0.15, 0.2) is 18.2 Å². The number of aromatic nitrogens is 2. The van der Waals surface area contributed by atoms with Gasteiger partial charge in [0.05, 0.1) is 5.52 Å². The van der Waals surface area contributed by atoms with Crippen LogP contribution in [-0.2, 0) is 0 Å². The Morgan fingerprint density at radius 1 is 1.57 bits per heavy atom. The summed E-state index contributed by atoms with van der Waals surface area (Å²) in [6.07, 6.45) is 0.974. The smallest absolute Gasteiger partial charge is 0.275 e. The Hall–Kier alpha value is -0.860. The zero-order chi connectivity index (χ0) is 14.3. The summed E-state index contributed by atoms with van der Waals surface area (Å²) in [5.41, 5.74) is 7.14. The van der Waals surface area contributed by atoms with E-state index in [4.69, 9.17) is 5.73 Å². The quantitative estimate of drug-likeness (QED) is 0.733. The normalized spacial score (nSPS) is 21.6. The highest BCUT2D eigenvalue weighted by Crippen LogP contribution is 2.26. The Labute approximate surface area is 143 Å². The van der Waals surface area contributed by atoms with Crippen LogP contribution in [-0.4, -0.2) is 40.1 Å². The molecule has 1 aliphatic heterocycles. The van der Waals surface area contributed by atoms with Gasteiger partial charge in [0.25, 0.3) is 5.91 Å². The maximum absolute atomic E-state index is 12.7. The second kappa shape index (κ2) is 6.50. The molecule has 21 heavy (non-hydrogen) atoms. The van der Waals surface area contributed by atoms with E-state index in [9.17, 15) is 4.79 Å². The molecule has 2 aromatic rings. The van der Waals surface area contributed by atoms with E-state index in [-0.39, 0.29) is 24.4 Å². The van der Waals surface area contributed by atoms with Gasteiger partial charge in [0.15, 0.2) is 5.69 Å². The van der Waals surface area contributed by atoms with E-state index in [2.05, 4.69) is 39.7 Å². The van der Waals surface area contributed by atoms with Crippen LogP contribution in [0, 0.1) is 9.49 Å². The fraction of sp³-hybridized carbons (Fsp3) is 0.429. The number of hydrogen-bond donors (Lipinski definition) is 2. The Bertz CT molecular complexity index is 659. The fourth-order valence-electron chi connectivity index (χ4n) is 2.88. The highest BCUT2D eigenvalue weighted by molar-refractivity contribution is 14.1. The van der Waals surface area contributed by atoms with Gasteiger partial charge in [0.1, 0.15) is 0 Å². The molecule has 2 heterocycles. The molecule has 1 aromatic heterocycles. The lowest BCUT2D eigenvalue weighted by atomic mass is 10.1.